The summed E-state index contributed by atoms with van der Waals surface area (Å²) in [4.78, 5) is 25.5. The largest absolute Gasteiger partial charge is 0.378 e. The maximum Gasteiger partial charge on any atom is 0.210 e. The zero-order valence-corrected chi connectivity index (χ0v) is 18.0. The van der Waals surface area contributed by atoms with E-state index in [9.17, 15) is 4.79 Å². The van der Waals surface area contributed by atoms with Crippen LogP contribution in [0.5, 0.6) is 0 Å². The molecule has 1 aliphatic carbocycles. The fourth-order valence-electron chi connectivity index (χ4n) is 4.93. The highest BCUT2D eigenvalue weighted by atomic mass is 16.1. The molecule has 2 heterocycles. The Balaban J connectivity index is 1.71. The summed E-state index contributed by atoms with van der Waals surface area (Å²) in [5, 5.41) is 0.880. The molecule has 0 atom stereocenters. The van der Waals surface area contributed by atoms with Crippen LogP contribution in [0, 0.1) is 18.9 Å². The molecule has 3 aromatic rings. The molecule has 5 heteroatoms. The van der Waals surface area contributed by atoms with Crippen molar-refractivity contribution >= 4 is 28.1 Å². The number of aromatic nitrogens is 1. The number of nitrogens with zero attached hydrogens (tertiary/aromatic N) is 3. The van der Waals surface area contributed by atoms with Crippen LogP contribution in [0.2, 0.25) is 0 Å². The van der Waals surface area contributed by atoms with Gasteiger partial charge < -0.3 is 14.8 Å². The van der Waals surface area contributed by atoms with Gasteiger partial charge in [-0.05, 0) is 36.9 Å². The first-order valence-corrected chi connectivity index (χ1v) is 10.5. The number of anilines is 1. The van der Waals surface area contributed by atoms with Crippen LogP contribution < -0.4 is 4.90 Å². The molecule has 1 fully saturated rings. The van der Waals surface area contributed by atoms with Gasteiger partial charge in [0.2, 0.25) is 5.69 Å². The van der Waals surface area contributed by atoms with Crippen LogP contribution in [-0.4, -0.2) is 48.9 Å². The normalized spacial score (nSPS) is 17.7. The highest BCUT2D eigenvalue weighted by Crippen LogP contribution is 2.47. The zero-order chi connectivity index (χ0) is 21.9. The van der Waals surface area contributed by atoms with Crippen molar-refractivity contribution < 1.29 is 4.79 Å². The number of terminal acetylenes is 1. The molecule has 154 valence electrons. The van der Waals surface area contributed by atoms with Crippen molar-refractivity contribution in [1.82, 2.24) is 9.88 Å². The van der Waals surface area contributed by atoms with E-state index in [0.717, 1.165) is 59.6 Å². The third-order valence-corrected chi connectivity index (χ3v) is 6.81. The molecule has 1 N–H and O–H groups in total. The Morgan fingerprint density at radius 1 is 1.16 bits per heavy atom. The molecule has 0 spiro atoms. The predicted molar refractivity (Wildman–Crippen MR) is 124 cm³/mol. The maximum atomic E-state index is 13.6. The monoisotopic (exact) mass is 408 g/mol. The minimum absolute atomic E-state index is 0.0288. The van der Waals surface area contributed by atoms with E-state index in [-0.39, 0.29) is 5.78 Å². The number of nitrogens with one attached hydrogen (secondary N) is 1. The molecule has 5 rings (SSSR count). The van der Waals surface area contributed by atoms with E-state index in [4.69, 9.17) is 13.0 Å². The lowest BCUT2D eigenvalue weighted by atomic mass is 9.71. The van der Waals surface area contributed by atoms with Crippen LogP contribution in [0.3, 0.4) is 0 Å². The Kier molecular flexibility index (Phi) is 4.22. The van der Waals surface area contributed by atoms with Crippen LogP contribution >= 0.6 is 0 Å². The summed E-state index contributed by atoms with van der Waals surface area (Å²) in [7, 11) is 2.12. The summed E-state index contributed by atoms with van der Waals surface area (Å²) in [6.45, 7) is 15.7. The lowest BCUT2D eigenvalue weighted by Gasteiger charge is -2.37. The number of hydrogen-bond donors (Lipinski definition) is 1. The fraction of sp³-hybridized carbons (Fsp3) is 0.308. The Labute approximate surface area is 182 Å². The van der Waals surface area contributed by atoms with E-state index < -0.39 is 5.41 Å². The van der Waals surface area contributed by atoms with Crippen molar-refractivity contribution in [1.29, 1.82) is 0 Å². The average Bonchev–Trinajstić information content (AvgIpc) is 3.17. The van der Waals surface area contributed by atoms with Gasteiger partial charge in [-0.3, -0.25) is 4.79 Å². The molecule has 1 saturated heterocycles. The van der Waals surface area contributed by atoms with Gasteiger partial charge in [0.05, 0.1) is 12.1 Å². The molecule has 2 aromatic carbocycles. The van der Waals surface area contributed by atoms with Crippen molar-refractivity contribution in [2.24, 2.45) is 0 Å². The summed E-state index contributed by atoms with van der Waals surface area (Å²) < 4.78 is 0. The smallest absolute Gasteiger partial charge is 0.210 e. The molecule has 1 aliphatic heterocycles. The number of rotatable bonds is 1. The molecule has 0 amide bonds. The molecular weight excluding hydrogens is 384 g/mol. The van der Waals surface area contributed by atoms with Crippen molar-refractivity contribution in [3.63, 3.8) is 0 Å². The Hall–Kier alpha value is -3.54. The molecule has 5 nitrogen and oxygen atoms in total. The quantitative estimate of drug-likeness (QED) is 0.482. The number of aromatic amines is 1. The number of ketones is 1. The average molecular weight is 409 g/mol. The first kappa shape index (κ1) is 19.4. The van der Waals surface area contributed by atoms with E-state index in [2.05, 4.69) is 52.5 Å². The van der Waals surface area contributed by atoms with Gasteiger partial charge in [-0.1, -0.05) is 25.8 Å². The Morgan fingerprint density at radius 2 is 1.90 bits per heavy atom. The van der Waals surface area contributed by atoms with Gasteiger partial charge in [0.1, 0.15) is 0 Å². The summed E-state index contributed by atoms with van der Waals surface area (Å²) in [6.07, 6.45) is 5.57. The number of carbonyl (C=O) groups is 1. The van der Waals surface area contributed by atoms with Gasteiger partial charge in [-0.25, -0.2) is 4.85 Å². The topological polar surface area (TPSA) is 43.7 Å². The summed E-state index contributed by atoms with van der Waals surface area (Å²) >= 11 is 0. The van der Waals surface area contributed by atoms with Gasteiger partial charge in [0.15, 0.2) is 5.78 Å². The minimum atomic E-state index is -0.407. The number of fused-ring (bicyclic) bond motifs is 4. The van der Waals surface area contributed by atoms with Gasteiger partial charge >= 0.3 is 0 Å². The summed E-state index contributed by atoms with van der Waals surface area (Å²) in [6, 6.07) is 9.59. The molecule has 0 bridgehead atoms. The van der Waals surface area contributed by atoms with Gasteiger partial charge in [-0.2, -0.15) is 0 Å². The third-order valence-electron chi connectivity index (χ3n) is 6.81. The number of carbonyl (C=O) groups excluding carboxylic acids is 1. The van der Waals surface area contributed by atoms with E-state index in [1.165, 1.54) is 0 Å². The zero-order valence-electron chi connectivity index (χ0n) is 18.0. The standard InChI is InChI=1S/C26H24N4O/c1-6-16-7-8-17-20(13-16)28-25-23(17)24(31)18-14-21(27-4)22(15-19(18)26(25,2)3)30-11-9-29(5)10-12-30/h1,7-8,13-15,28H,9-12H2,2-3,5H3. The van der Waals surface area contributed by atoms with Crippen LogP contribution in [-0.2, 0) is 5.41 Å². The second-order valence-electron chi connectivity index (χ2n) is 9.02. The third kappa shape index (κ3) is 2.78. The number of hydrogen-bond acceptors (Lipinski definition) is 3. The van der Waals surface area contributed by atoms with Crippen LogP contribution in [0.4, 0.5) is 11.4 Å². The predicted octanol–water partition coefficient (Wildman–Crippen LogP) is 4.32. The summed E-state index contributed by atoms with van der Waals surface area (Å²) in [5.74, 6) is 2.63. The van der Waals surface area contributed by atoms with Crippen molar-refractivity contribution in [2.75, 3.05) is 38.1 Å². The Bertz CT molecular complexity index is 1320. The van der Waals surface area contributed by atoms with Gasteiger partial charge in [-0.15, -0.1) is 6.42 Å². The molecule has 0 saturated carbocycles. The lowest BCUT2D eigenvalue weighted by Crippen LogP contribution is -2.44. The number of likely N-dealkylation sites (N-methyl/N-ethyl adjacent to an activating group) is 1. The van der Waals surface area contributed by atoms with Crippen LogP contribution in [0.1, 0.15) is 46.6 Å². The molecule has 0 radical (unpaired) electrons. The minimum Gasteiger partial charge on any atom is -0.378 e. The van der Waals surface area contributed by atoms with Crippen molar-refractivity contribution in [3.8, 4) is 12.3 Å². The number of piperazine rings is 1. The lowest BCUT2D eigenvalue weighted by molar-refractivity contribution is 0.103. The van der Waals surface area contributed by atoms with E-state index >= 15 is 0 Å². The van der Waals surface area contributed by atoms with Gasteiger partial charge in [0, 0.05) is 65.0 Å². The highest BCUT2D eigenvalue weighted by Gasteiger charge is 2.40. The van der Waals surface area contributed by atoms with Crippen molar-refractivity contribution in [3.05, 3.63) is 69.7 Å². The maximum absolute atomic E-state index is 13.6. The van der Waals surface area contributed by atoms with E-state index in [1.54, 1.807) is 6.07 Å². The van der Waals surface area contributed by atoms with Crippen LogP contribution in [0.25, 0.3) is 15.7 Å². The highest BCUT2D eigenvalue weighted by molar-refractivity contribution is 6.20. The van der Waals surface area contributed by atoms with E-state index in [0.29, 0.717) is 16.8 Å². The first-order chi connectivity index (χ1) is 14.8. The second-order valence-corrected chi connectivity index (χ2v) is 9.02. The SMILES string of the molecule is [C-]#[N+]c1cc2c(cc1N1CCN(C)CC1)C(C)(C)c1[nH]c3cc(C#C)ccc3c1C2=O. The molecular formula is C26H24N4O. The summed E-state index contributed by atoms with van der Waals surface area (Å²) in [5.41, 5.74) is 5.92. The molecule has 2 aliphatic rings. The van der Waals surface area contributed by atoms with Gasteiger partial charge in [0.25, 0.3) is 0 Å². The van der Waals surface area contributed by atoms with E-state index in [1.807, 2.05) is 18.2 Å². The Morgan fingerprint density at radius 3 is 2.58 bits per heavy atom. The second kappa shape index (κ2) is 6.74. The number of benzene rings is 2. The fourth-order valence-corrected chi connectivity index (χ4v) is 4.93. The molecule has 1 aromatic heterocycles. The first-order valence-electron chi connectivity index (χ1n) is 10.5. The molecule has 31 heavy (non-hydrogen) atoms. The van der Waals surface area contributed by atoms with Crippen LogP contribution in [0.15, 0.2) is 30.3 Å². The van der Waals surface area contributed by atoms with Crippen molar-refractivity contribution in [2.45, 2.75) is 19.3 Å². The number of H-pyrrole nitrogens is 1. The molecule has 0 unspecified atom stereocenters.